The van der Waals surface area contributed by atoms with Crippen molar-refractivity contribution in [1.82, 2.24) is 5.32 Å². The van der Waals surface area contributed by atoms with Gasteiger partial charge in [0.1, 0.15) is 23.9 Å². The van der Waals surface area contributed by atoms with Crippen LogP contribution in [0.25, 0.3) is 0 Å². The number of hydrogen-bond donors (Lipinski definition) is 1. The van der Waals surface area contributed by atoms with Crippen LogP contribution >= 0.6 is 0 Å². The van der Waals surface area contributed by atoms with Crippen LogP contribution in [0.15, 0.2) is 72.8 Å². The molecule has 3 aromatic carbocycles. The molecule has 3 rings (SSSR count). The molecular formula is C26H29NO5. The van der Waals surface area contributed by atoms with E-state index >= 15 is 0 Å². The van der Waals surface area contributed by atoms with Crippen molar-refractivity contribution in [3.63, 3.8) is 0 Å². The number of nitrogens with one attached hydrogen (secondary N) is 1. The highest BCUT2D eigenvalue weighted by Gasteiger charge is 2.25. The molecule has 168 valence electrons. The number of rotatable bonds is 10. The van der Waals surface area contributed by atoms with Crippen molar-refractivity contribution in [3.05, 3.63) is 89.5 Å². The molecule has 0 heterocycles. The van der Waals surface area contributed by atoms with E-state index < -0.39 is 12.1 Å². The standard InChI is InChI=1S/C26H29NO5/c1-29-21-16-23(30-2)25(24(17-21)31-3)22(15-14-19-10-6-4-7-11-19)27-26(28)32-18-20-12-8-5-9-13-20/h4-13,16-17,22H,14-15,18H2,1-3H3,(H,27,28). The Hall–Kier alpha value is -3.67. The van der Waals surface area contributed by atoms with Gasteiger partial charge < -0.3 is 24.3 Å². The van der Waals surface area contributed by atoms with Gasteiger partial charge >= 0.3 is 6.09 Å². The number of ether oxygens (including phenoxy) is 4. The van der Waals surface area contributed by atoms with Crippen LogP contribution in [-0.4, -0.2) is 27.4 Å². The summed E-state index contributed by atoms with van der Waals surface area (Å²) in [4.78, 5) is 12.7. The van der Waals surface area contributed by atoms with Crippen molar-refractivity contribution in [1.29, 1.82) is 0 Å². The van der Waals surface area contributed by atoms with Gasteiger partial charge in [-0.3, -0.25) is 0 Å². The van der Waals surface area contributed by atoms with Crippen LogP contribution in [0, 0.1) is 0 Å². The maximum atomic E-state index is 12.7. The predicted molar refractivity (Wildman–Crippen MR) is 123 cm³/mol. The zero-order chi connectivity index (χ0) is 22.8. The summed E-state index contributed by atoms with van der Waals surface area (Å²) >= 11 is 0. The quantitative estimate of drug-likeness (QED) is 0.467. The molecule has 0 aliphatic carbocycles. The minimum absolute atomic E-state index is 0.189. The average molecular weight is 436 g/mol. The molecular weight excluding hydrogens is 406 g/mol. The molecule has 0 radical (unpaired) electrons. The van der Waals surface area contributed by atoms with Crippen LogP contribution in [0.5, 0.6) is 17.2 Å². The summed E-state index contributed by atoms with van der Waals surface area (Å²) in [5, 5.41) is 3.00. The zero-order valence-corrected chi connectivity index (χ0v) is 18.7. The van der Waals surface area contributed by atoms with Gasteiger partial charge in [-0.2, -0.15) is 0 Å². The molecule has 0 saturated carbocycles. The predicted octanol–water partition coefficient (Wildman–Crippen LogP) is 5.31. The highest BCUT2D eigenvalue weighted by molar-refractivity contribution is 5.69. The Morgan fingerprint density at radius 3 is 1.91 bits per heavy atom. The van der Waals surface area contributed by atoms with E-state index in [1.54, 1.807) is 33.5 Å². The number of carbonyl (C=O) groups excluding carboxylic acids is 1. The van der Waals surface area contributed by atoms with Gasteiger partial charge in [0.2, 0.25) is 0 Å². The summed E-state index contributed by atoms with van der Waals surface area (Å²) in [5.41, 5.74) is 2.83. The molecule has 6 heteroatoms. The van der Waals surface area contributed by atoms with E-state index in [0.29, 0.717) is 23.7 Å². The van der Waals surface area contributed by atoms with E-state index in [4.69, 9.17) is 18.9 Å². The van der Waals surface area contributed by atoms with Crippen molar-refractivity contribution in [3.8, 4) is 17.2 Å². The Balaban J connectivity index is 1.84. The van der Waals surface area contributed by atoms with Gasteiger partial charge in [0.25, 0.3) is 0 Å². The maximum absolute atomic E-state index is 12.7. The Labute approximate surface area is 189 Å². The lowest BCUT2D eigenvalue weighted by Crippen LogP contribution is -2.30. The van der Waals surface area contributed by atoms with E-state index in [0.717, 1.165) is 17.5 Å². The minimum Gasteiger partial charge on any atom is -0.496 e. The first-order valence-corrected chi connectivity index (χ1v) is 10.5. The third-order valence-corrected chi connectivity index (χ3v) is 5.17. The molecule has 1 N–H and O–H groups in total. The third kappa shape index (κ3) is 6.17. The van der Waals surface area contributed by atoms with Gasteiger partial charge in [-0.05, 0) is 24.0 Å². The van der Waals surface area contributed by atoms with E-state index in [1.807, 2.05) is 48.5 Å². The highest BCUT2D eigenvalue weighted by Crippen LogP contribution is 2.40. The molecule has 0 saturated heterocycles. The molecule has 3 aromatic rings. The smallest absolute Gasteiger partial charge is 0.407 e. The lowest BCUT2D eigenvalue weighted by atomic mass is 9.97. The summed E-state index contributed by atoms with van der Waals surface area (Å²) in [7, 11) is 4.75. The summed E-state index contributed by atoms with van der Waals surface area (Å²) in [6.07, 6.45) is 0.874. The summed E-state index contributed by atoms with van der Waals surface area (Å²) < 4.78 is 22.1. The van der Waals surface area contributed by atoms with Crippen molar-refractivity contribution >= 4 is 6.09 Å². The normalized spacial score (nSPS) is 11.3. The molecule has 1 unspecified atom stereocenters. The Bertz CT molecular complexity index is 967. The molecule has 0 fully saturated rings. The second kappa shape index (κ2) is 11.6. The minimum atomic E-state index is -0.508. The Kier molecular flexibility index (Phi) is 8.37. The Morgan fingerprint density at radius 2 is 1.38 bits per heavy atom. The fourth-order valence-corrected chi connectivity index (χ4v) is 3.53. The van der Waals surface area contributed by atoms with E-state index in [9.17, 15) is 4.79 Å². The first kappa shape index (κ1) is 23.0. The second-order valence-electron chi connectivity index (χ2n) is 7.23. The molecule has 0 aliphatic heterocycles. The SMILES string of the molecule is COc1cc(OC)c(C(CCc2ccccc2)NC(=O)OCc2ccccc2)c(OC)c1. The number of alkyl carbamates (subject to hydrolysis) is 1. The molecule has 0 bridgehead atoms. The number of methoxy groups -OCH3 is 3. The highest BCUT2D eigenvalue weighted by atomic mass is 16.5. The average Bonchev–Trinajstić information content (AvgIpc) is 2.85. The molecule has 6 nitrogen and oxygen atoms in total. The lowest BCUT2D eigenvalue weighted by molar-refractivity contribution is 0.134. The molecule has 0 spiro atoms. The van der Waals surface area contributed by atoms with Gasteiger partial charge in [-0.1, -0.05) is 60.7 Å². The summed E-state index contributed by atoms with van der Waals surface area (Å²) in [5.74, 6) is 1.75. The van der Waals surface area contributed by atoms with Crippen molar-refractivity contribution < 1.29 is 23.7 Å². The van der Waals surface area contributed by atoms with E-state index in [-0.39, 0.29) is 6.61 Å². The van der Waals surface area contributed by atoms with E-state index in [2.05, 4.69) is 17.4 Å². The molecule has 32 heavy (non-hydrogen) atoms. The topological polar surface area (TPSA) is 66.0 Å². The number of aryl methyl sites for hydroxylation is 1. The van der Waals surface area contributed by atoms with Crippen LogP contribution in [-0.2, 0) is 17.8 Å². The second-order valence-corrected chi connectivity index (χ2v) is 7.23. The lowest BCUT2D eigenvalue weighted by Gasteiger charge is -2.24. The molecule has 1 atom stereocenters. The molecule has 0 aliphatic rings. The maximum Gasteiger partial charge on any atom is 0.407 e. The fraction of sp³-hybridized carbons (Fsp3) is 0.269. The summed E-state index contributed by atoms with van der Waals surface area (Å²) in [6, 6.07) is 22.8. The Morgan fingerprint density at radius 1 is 0.812 bits per heavy atom. The van der Waals surface area contributed by atoms with Gasteiger partial charge in [-0.15, -0.1) is 0 Å². The molecule has 1 amide bonds. The van der Waals surface area contributed by atoms with Gasteiger partial charge in [0, 0.05) is 12.1 Å². The molecule has 0 aromatic heterocycles. The number of amides is 1. The van der Waals surface area contributed by atoms with Crippen LogP contribution in [0.2, 0.25) is 0 Å². The third-order valence-electron chi connectivity index (χ3n) is 5.17. The number of carbonyl (C=O) groups is 1. The van der Waals surface area contributed by atoms with Crippen LogP contribution in [0.4, 0.5) is 4.79 Å². The first-order valence-electron chi connectivity index (χ1n) is 10.5. The number of hydrogen-bond acceptors (Lipinski definition) is 5. The van der Waals surface area contributed by atoms with E-state index in [1.165, 1.54) is 5.56 Å². The van der Waals surface area contributed by atoms with Gasteiger partial charge in [-0.25, -0.2) is 4.79 Å². The van der Waals surface area contributed by atoms with Crippen LogP contribution in [0.3, 0.4) is 0 Å². The van der Waals surface area contributed by atoms with Crippen molar-refractivity contribution in [2.75, 3.05) is 21.3 Å². The van der Waals surface area contributed by atoms with Crippen molar-refractivity contribution in [2.24, 2.45) is 0 Å². The van der Waals surface area contributed by atoms with Crippen molar-refractivity contribution in [2.45, 2.75) is 25.5 Å². The van der Waals surface area contributed by atoms with Crippen LogP contribution < -0.4 is 19.5 Å². The first-order chi connectivity index (χ1) is 15.6. The largest absolute Gasteiger partial charge is 0.496 e. The summed E-state index contributed by atoms with van der Waals surface area (Å²) in [6.45, 7) is 0.189. The fourth-order valence-electron chi connectivity index (χ4n) is 3.53. The zero-order valence-electron chi connectivity index (χ0n) is 18.7. The van der Waals surface area contributed by atoms with Gasteiger partial charge in [0.05, 0.1) is 32.9 Å². The monoisotopic (exact) mass is 435 g/mol. The van der Waals surface area contributed by atoms with Crippen LogP contribution in [0.1, 0.15) is 29.2 Å². The number of benzene rings is 3. The van der Waals surface area contributed by atoms with Gasteiger partial charge in [0.15, 0.2) is 0 Å².